The fourth-order valence-electron chi connectivity index (χ4n) is 2.03. The average Bonchev–Trinajstić information content (AvgIpc) is 3.25. The maximum atomic E-state index is 5.98. The van der Waals surface area contributed by atoms with Crippen LogP contribution in [0, 0.1) is 0 Å². The van der Waals surface area contributed by atoms with E-state index in [1.807, 2.05) is 24.3 Å². The van der Waals surface area contributed by atoms with Crippen molar-refractivity contribution in [1.82, 2.24) is 30.1 Å². The Morgan fingerprint density at radius 1 is 1.04 bits per heavy atom. The summed E-state index contributed by atoms with van der Waals surface area (Å²) in [5, 5.41) is 12.7. The Labute approximate surface area is 135 Å². The molecule has 3 heterocycles. The first-order valence-corrected chi connectivity index (χ1v) is 7.11. The Kier molecular flexibility index (Phi) is 3.32. The van der Waals surface area contributed by atoms with Crippen LogP contribution in [-0.2, 0) is 0 Å². The summed E-state index contributed by atoms with van der Waals surface area (Å²) >= 11 is 5.98. The van der Waals surface area contributed by atoms with E-state index in [-0.39, 0.29) is 0 Å². The third-order valence-electron chi connectivity index (χ3n) is 3.11. The molecule has 7 nitrogen and oxygen atoms in total. The maximum Gasteiger partial charge on any atom is 0.276 e. The molecule has 0 radical (unpaired) electrons. The molecule has 0 bridgehead atoms. The van der Waals surface area contributed by atoms with Crippen LogP contribution in [0.5, 0.6) is 0 Å². The minimum absolute atomic E-state index is 0.331. The summed E-state index contributed by atoms with van der Waals surface area (Å²) in [6.07, 6.45) is 3.37. The van der Waals surface area contributed by atoms with Gasteiger partial charge in [-0.05, 0) is 30.3 Å². The first-order valence-electron chi connectivity index (χ1n) is 6.73. The van der Waals surface area contributed by atoms with Gasteiger partial charge in [0.15, 0.2) is 5.69 Å². The highest BCUT2D eigenvalue weighted by Gasteiger charge is 2.14. The zero-order valence-electron chi connectivity index (χ0n) is 11.7. The van der Waals surface area contributed by atoms with E-state index in [1.165, 1.54) is 0 Å². The molecule has 0 unspecified atom stereocenters. The number of hydrogen-bond acceptors (Lipinski definition) is 6. The molecule has 0 aliphatic heterocycles. The van der Waals surface area contributed by atoms with Crippen LogP contribution in [0.3, 0.4) is 0 Å². The molecule has 0 fully saturated rings. The summed E-state index contributed by atoms with van der Waals surface area (Å²) in [6, 6.07) is 12.8. The standard InChI is InChI=1S/C15H9ClN6O/c16-10-4-3-5-11(8-10)22-9-13(19-21-22)14-18-15(23-20-14)12-6-1-2-7-17-12/h1-9H. The van der Waals surface area contributed by atoms with E-state index >= 15 is 0 Å². The van der Waals surface area contributed by atoms with Crippen molar-refractivity contribution in [3.63, 3.8) is 0 Å². The van der Waals surface area contributed by atoms with Crippen molar-refractivity contribution >= 4 is 11.6 Å². The first-order chi connectivity index (χ1) is 11.3. The van der Waals surface area contributed by atoms with Gasteiger partial charge in [0.1, 0.15) is 5.69 Å². The zero-order chi connectivity index (χ0) is 15.6. The average molecular weight is 325 g/mol. The third-order valence-corrected chi connectivity index (χ3v) is 3.34. The van der Waals surface area contributed by atoms with Crippen LogP contribution >= 0.6 is 11.6 Å². The number of benzene rings is 1. The molecule has 0 N–H and O–H groups in total. The predicted octanol–water partition coefficient (Wildman–Crippen LogP) is 3.03. The van der Waals surface area contributed by atoms with Crippen LogP contribution in [0.25, 0.3) is 28.8 Å². The molecule has 0 aliphatic rings. The molecule has 23 heavy (non-hydrogen) atoms. The normalized spacial score (nSPS) is 10.8. The largest absolute Gasteiger partial charge is 0.332 e. The van der Waals surface area contributed by atoms with Gasteiger partial charge in [0, 0.05) is 11.2 Å². The van der Waals surface area contributed by atoms with E-state index in [4.69, 9.17) is 16.1 Å². The minimum Gasteiger partial charge on any atom is -0.332 e. The van der Waals surface area contributed by atoms with E-state index in [1.54, 1.807) is 35.3 Å². The molecule has 3 aromatic heterocycles. The summed E-state index contributed by atoms with van der Waals surface area (Å²) in [7, 11) is 0. The summed E-state index contributed by atoms with van der Waals surface area (Å²) in [5.41, 5.74) is 1.90. The molecule has 0 spiro atoms. The van der Waals surface area contributed by atoms with Crippen molar-refractivity contribution in [2.24, 2.45) is 0 Å². The summed E-state index contributed by atoms with van der Waals surface area (Å²) in [6.45, 7) is 0. The second-order valence-corrected chi connectivity index (χ2v) is 5.10. The SMILES string of the molecule is Clc1cccc(-n2cc(-c3noc(-c4ccccn4)n3)nn2)c1. The smallest absolute Gasteiger partial charge is 0.276 e. The molecule has 4 rings (SSSR count). The van der Waals surface area contributed by atoms with Gasteiger partial charge >= 0.3 is 0 Å². The van der Waals surface area contributed by atoms with Crippen molar-refractivity contribution in [2.75, 3.05) is 0 Å². The van der Waals surface area contributed by atoms with Gasteiger partial charge < -0.3 is 4.52 Å². The Bertz CT molecular complexity index is 949. The molecule has 0 saturated carbocycles. The first kappa shape index (κ1) is 13.6. The van der Waals surface area contributed by atoms with Crippen molar-refractivity contribution < 1.29 is 4.52 Å². The lowest BCUT2D eigenvalue weighted by Crippen LogP contribution is -1.93. The van der Waals surface area contributed by atoms with Gasteiger partial charge in [-0.25, -0.2) is 4.68 Å². The molecule has 4 aromatic rings. The predicted molar refractivity (Wildman–Crippen MR) is 82.9 cm³/mol. The highest BCUT2D eigenvalue weighted by Crippen LogP contribution is 2.20. The Morgan fingerprint density at radius 2 is 2.00 bits per heavy atom. The maximum absolute atomic E-state index is 5.98. The molecule has 1 aromatic carbocycles. The molecular formula is C15H9ClN6O. The van der Waals surface area contributed by atoms with Gasteiger partial charge in [-0.1, -0.05) is 34.1 Å². The van der Waals surface area contributed by atoms with E-state index in [0.717, 1.165) is 5.69 Å². The number of hydrogen-bond donors (Lipinski definition) is 0. The number of rotatable bonds is 3. The third kappa shape index (κ3) is 2.69. The summed E-state index contributed by atoms with van der Waals surface area (Å²) < 4.78 is 6.81. The number of nitrogens with zero attached hydrogens (tertiary/aromatic N) is 6. The van der Waals surface area contributed by atoms with Gasteiger partial charge in [0.25, 0.3) is 5.89 Å². The molecular weight excluding hydrogens is 316 g/mol. The number of aromatic nitrogens is 6. The lowest BCUT2D eigenvalue weighted by molar-refractivity contribution is 0.431. The van der Waals surface area contributed by atoms with Crippen LogP contribution in [0.1, 0.15) is 0 Å². The van der Waals surface area contributed by atoms with Crippen molar-refractivity contribution in [2.45, 2.75) is 0 Å². The molecule has 0 saturated heterocycles. The second-order valence-electron chi connectivity index (χ2n) is 4.67. The van der Waals surface area contributed by atoms with Crippen molar-refractivity contribution in [3.05, 3.63) is 59.9 Å². The molecule has 0 aliphatic carbocycles. The van der Waals surface area contributed by atoms with Crippen LogP contribution in [0.4, 0.5) is 0 Å². The summed E-state index contributed by atoms with van der Waals surface area (Å²) in [5.74, 6) is 0.678. The van der Waals surface area contributed by atoms with Crippen molar-refractivity contribution in [1.29, 1.82) is 0 Å². The van der Waals surface area contributed by atoms with Crippen LogP contribution in [-0.4, -0.2) is 30.1 Å². The Hall–Kier alpha value is -3.06. The van der Waals surface area contributed by atoms with Crippen molar-refractivity contribution in [3.8, 4) is 28.8 Å². The zero-order valence-corrected chi connectivity index (χ0v) is 12.4. The van der Waals surface area contributed by atoms with Gasteiger partial charge in [-0.3, -0.25) is 4.98 Å². The molecule has 112 valence electrons. The highest BCUT2D eigenvalue weighted by molar-refractivity contribution is 6.30. The fourth-order valence-corrected chi connectivity index (χ4v) is 2.22. The van der Waals surface area contributed by atoms with E-state index in [9.17, 15) is 0 Å². The summed E-state index contributed by atoms with van der Waals surface area (Å²) in [4.78, 5) is 8.46. The van der Waals surface area contributed by atoms with Gasteiger partial charge in [0.2, 0.25) is 5.82 Å². The molecule has 0 atom stereocenters. The van der Waals surface area contributed by atoms with Crippen LogP contribution < -0.4 is 0 Å². The van der Waals surface area contributed by atoms with Gasteiger partial charge in [-0.15, -0.1) is 5.10 Å². The Morgan fingerprint density at radius 3 is 2.83 bits per heavy atom. The Balaban J connectivity index is 1.66. The van der Waals surface area contributed by atoms with E-state index < -0.39 is 0 Å². The number of halogens is 1. The highest BCUT2D eigenvalue weighted by atomic mass is 35.5. The number of pyridine rings is 1. The lowest BCUT2D eigenvalue weighted by atomic mass is 10.3. The molecule has 8 heteroatoms. The van der Waals surface area contributed by atoms with Crippen LogP contribution in [0.2, 0.25) is 5.02 Å². The van der Waals surface area contributed by atoms with Crippen LogP contribution in [0.15, 0.2) is 59.4 Å². The van der Waals surface area contributed by atoms with Gasteiger partial charge in [0.05, 0.1) is 11.9 Å². The fraction of sp³-hybridized carbons (Fsp3) is 0. The van der Waals surface area contributed by atoms with E-state index in [0.29, 0.717) is 28.1 Å². The van der Waals surface area contributed by atoms with E-state index in [2.05, 4.69) is 25.4 Å². The lowest BCUT2D eigenvalue weighted by Gasteiger charge is -1.98. The quantitative estimate of drug-likeness (QED) is 0.576. The second kappa shape index (κ2) is 5.62. The molecule has 0 amide bonds. The topological polar surface area (TPSA) is 82.5 Å². The monoisotopic (exact) mass is 324 g/mol. The minimum atomic E-state index is 0.331. The van der Waals surface area contributed by atoms with Gasteiger partial charge in [-0.2, -0.15) is 4.98 Å².